The number of aliphatic hydroxyl groups excluding tert-OH is 1. The van der Waals surface area contributed by atoms with Gasteiger partial charge in [-0.05, 0) is 37.0 Å². The number of hydrogen-bond acceptors (Lipinski definition) is 5. The van der Waals surface area contributed by atoms with Crippen LogP contribution in [0.15, 0.2) is 24.4 Å². The molecule has 0 radical (unpaired) electrons. The maximum atomic E-state index is 9.28. The van der Waals surface area contributed by atoms with Gasteiger partial charge in [-0.15, -0.1) is 0 Å². The molecule has 0 bridgehead atoms. The van der Waals surface area contributed by atoms with E-state index in [1.807, 2.05) is 18.2 Å². The summed E-state index contributed by atoms with van der Waals surface area (Å²) in [4.78, 5) is 11.3. The SMILES string of the molecule is Nc1ccc2nc(N3CCC[C@@H](CO)C3)cnc2c1. The first-order valence-corrected chi connectivity index (χ1v) is 6.64. The van der Waals surface area contributed by atoms with Crippen LogP contribution in [0.4, 0.5) is 11.5 Å². The number of piperidine rings is 1. The average molecular weight is 258 g/mol. The number of aromatic nitrogens is 2. The van der Waals surface area contributed by atoms with Crippen molar-refractivity contribution < 1.29 is 5.11 Å². The second-order valence-electron chi connectivity index (χ2n) is 5.11. The summed E-state index contributed by atoms with van der Waals surface area (Å²) in [6.45, 7) is 2.07. The summed E-state index contributed by atoms with van der Waals surface area (Å²) in [7, 11) is 0. The number of benzene rings is 1. The number of nitrogen functional groups attached to an aromatic ring is 1. The predicted molar refractivity (Wildman–Crippen MR) is 76.0 cm³/mol. The Morgan fingerprint density at radius 1 is 1.37 bits per heavy atom. The second-order valence-corrected chi connectivity index (χ2v) is 5.11. The number of rotatable bonds is 2. The summed E-state index contributed by atoms with van der Waals surface area (Å²) < 4.78 is 0. The van der Waals surface area contributed by atoms with Gasteiger partial charge in [-0.2, -0.15) is 0 Å². The molecule has 2 aromatic rings. The molecule has 3 rings (SSSR count). The molecule has 5 nitrogen and oxygen atoms in total. The highest BCUT2D eigenvalue weighted by Crippen LogP contribution is 2.23. The lowest BCUT2D eigenvalue weighted by Gasteiger charge is -2.32. The Hall–Kier alpha value is -1.88. The van der Waals surface area contributed by atoms with Crippen LogP contribution in [0.3, 0.4) is 0 Å². The molecule has 1 aromatic heterocycles. The molecule has 1 saturated heterocycles. The number of hydrogen-bond donors (Lipinski definition) is 2. The minimum absolute atomic E-state index is 0.244. The topological polar surface area (TPSA) is 75.3 Å². The van der Waals surface area contributed by atoms with E-state index in [9.17, 15) is 5.11 Å². The maximum Gasteiger partial charge on any atom is 0.147 e. The summed E-state index contributed by atoms with van der Waals surface area (Å²) in [6, 6.07) is 5.57. The Kier molecular flexibility index (Phi) is 3.21. The average Bonchev–Trinajstić information content (AvgIpc) is 2.46. The first-order valence-electron chi connectivity index (χ1n) is 6.64. The van der Waals surface area contributed by atoms with Gasteiger partial charge >= 0.3 is 0 Å². The van der Waals surface area contributed by atoms with Crippen molar-refractivity contribution in [3.8, 4) is 0 Å². The molecule has 5 heteroatoms. The smallest absolute Gasteiger partial charge is 0.147 e. The summed E-state index contributed by atoms with van der Waals surface area (Å²) >= 11 is 0. The fourth-order valence-electron chi connectivity index (χ4n) is 2.59. The predicted octanol–water partition coefficient (Wildman–Crippen LogP) is 1.42. The number of aliphatic hydroxyl groups is 1. The van der Waals surface area contributed by atoms with E-state index in [0.29, 0.717) is 11.6 Å². The molecule has 0 unspecified atom stereocenters. The summed E-state index contributed by atoms with van der Waals surface area (Å²) in [6.07, 6.45) is 3.97. The molecular weight excluding hydrogens is 240 g/mol. The van der Waals surface area contributed by atoms with Gasteiger partial charge in [0.25, 0.3) is 0 Å². The second kappa shape index (κ2) is 5.01. The van der Waals surface area contributed by atoms with E-state index in [0.717, 1.165) is 42.8 Å². The molecule has 2 heterocycles. The van der Waals surface area contributed by atoms with Gasteiger partial charge in [0.2, 0.25) is 0 Å². The normalized spacial score (nSPS) is 19.8. The highest BCUT2D eigenvalue weighted by Gasteiger charge is 2.20. The zero-order chi connectivity index (χ0) is 13.2. The van der Waals surface area contributed by atoms with E-state index in [-0.39, 0.29) is 6.61 Å². The molecule has 0 saturated carbocycles. The fourth-order valence-corrected chi connectivity index (χ4v) is 2.59. The van der Waals surface area contributed by atoms with Crippen LogP contribution < -0.4 is 10.6 Å². The molecular formula is C14H18N4O. The quantitative estimate of drug-likeness (QED) is 0.797. The van der Waals surface area contributed by atoms with E-state index >= 15 is 0 Å². The van der Waals surface area contributed by atoms with Crippen molar-refractivity contribution in [1.82, 2.24) is 9.97 Å². The zero-order valence-electron chi connectivity index (χ0n) is 10.8. The molecule has 3 N–H and O–H groups in total. The van der Waals surface area contributed by atoms with Crippen LogP contribution in [0.1, 0.15) is 12.8 Å². The monoisotopic (exact) mass is 258 g/mol. The van der Waals surface area contributed by atoms with Crippen molar-refractivity contribution in [2.24, 2.45) is 5.92 Å². The molecule has 1 atom stereocenters. The van der Waals surface area contributed by atoms with Crippen molar-refractivity contribution in [2.45, 2.75) is 12.8 Å². The standard InChI is InChI=1S/C14H18N4O/c15-11-3-4-12-13(6-11)16-7-14(17-12)18-5-1-2-10(8-18)9-19/h3-4,6-7,10,19H,1-2,5,8-9,15H2/t10-/m1/s1. The van der Waals surface area contributed by atoms with Crippen molar-refractivity contribution in [3.63, 3.8) is 0 Å². The lowest BCUT2D eigenvalue weighted by molar-refractivity contribution is 0.208. The van der Waals surface area contributed by atoms with Crippen molar-refractivity contribution in [1.29, 1.82) is 0 Å². The van der Waals surface area contributed by atoms with Gasteiger partial charge in [0, 0.05) is 25.4 Å². The van der Waals surface area contributed by atoms with Gasteiger partial charge < -0.3 is 15.7 Å². The van der Waals surface area contributed by atoms with Crippen LogP contribution in [0.25, 0.3) is 11.0 Å². The Labute approximate surface area is 112 Å². The molecule has 0 amide bonds. The van der Waals surface area contributed by atoms with Gasteiger partial charge in [0.15, 0.2) is 0 Å². The van der Waals surface area contributed by atoms with Crippen molar-refractivity contribution >= 4 is 22.5 Å². The molecule has 100 valence electrons. The van der Waals surface area contributed by atoms with Gasteiger partial charge in [-0.25, -0.2) is 4.98 Å². The third-order valence-corrected chi connectivity index (χ3v) is 3.65. The van der Waals surface area contributed by atoms with Crippen molar-refractivity contribution in [2.75, 3.05) is 30.3 Å². The van der Waals surface area contributed by atoms with Gasteiger partial charge in [0.05, 0.1) is 17.2 Å². The zero-order valence-corrected chi connectivity index (χ0v) is 10.8. The number of nitrogens with zero attached hydrogens (tertiary/aromatic N) is 3. The van der Waals surface area contributed by atoms with Crippen molar-refractivity contribution in [3.05, 3.63) is 24.4 Å². The fraction of sp³-hybridized carbons (Fsp3) is 0.429. The van der Waals surface area contributed by atoms with Crippen LogP contribution in [-0.2, 0) is 0 Å². The third-order valence-electron chi connectivity index (χ3n) is 3.65. The first-order chi connectivity index (χ1) is 9.26. The number of nitrogens with two attached hydrogens (primary N) is 1. The van der Waals surface area contributed by atoms with Crippen LogP contribution in [0.2, 0.25) is 0 Å². The minimum Gasteiger partial charge on any atom is -0.399 e. The first kappa shape index (κ1) is 12.2. The van der Waals surface area contributed by atoms with Crippen LogP contribution in [0, 0.1) is 5.92 Å². The molecule has 0 aliphatic carbocycles. The number of fused-ring (bicyclic) bond motifs is 1. The third kappa shape index (κ3) is 2.46. The van der Waals surface area contributed by atoms with Gasteiger partial charge in [-0.1, -0.05) is 0 Å². The highest BCUT2D eigenvalue weighted by molar-refractivity contribution is 5.79. The largest absolute Gasteiger partial charge is 0.399 e. The van der Waals surface area contributed by atoms with Crippen LogP contribution >= 0.6 is 0 Å². The van der Waals surface area contributed by atoms with E-state index in [4.69, 9.17) is 5.73 Å². The summed E-state index contributed by atoms with van der Waals surface area (Å²) in [5.74, 6) is 1.23. The van der Waals surface area contributed by atoms with Gasteiger partial charge in [-0.3, -0.25) is 4.98 Å². The van der Waals surface area contributed by atoms with Crippen LogP contribution in [-0.4, -0.2) is 34.8 Å². The summed E-state index contributed by atoms with van der Waals surface area (Å²) in [5.41, 5.74) is 8.11. The molecule has 1 fully saturated rings. The Balaban J connectivity index is 1.90. The number of anilines is 2. The molecule has 1 aromatic carbocycles. The lowest BCUT2D eigenvalue weighted by atomic mass is 9.99. The van der Waals surface area contributed by atoms with Gasteiger partial charge in [0.1, 0.15) is 5.82 Å². The Morgan fingerprint density at radius 2 is 2.26 bits per heavy atom. The van der Waals surface area contributed by atoms with E-state index < -0.39 is 0 Å². The minimum atomic E-state index is 0.244. The van der Waals surface area contributed by atoms with Crippen LogP contribution in [0.5, 0.6) is 0 Å². The molecule has 19 heavy (non-hydrogen) atoms. The lowest BCUT2D eigenvalue weighted by Crippen LogP contribution is -2.37. The maximum absolute atomic E-state index is 9.28. The summed E-state index contributed by atoms with van der Waals surface area (Å²) in [5, 5.41) is 9.28. The molecule has 1 aliphatic heterocycles. The van der Waals surface area contributed by atoms with E-state index in [1.54, 1.807) is 6.20 Å². The molecule has 0 spiro atoms. The highest BCUT2D eigenvalue weighted by atomic mass is 16.3. The van der Waals surface area contributed by atoms with E-state index in [1.165, 1.54) is 0 Å². The Morgan fingerprint density at radius 3 is 3.11 bits per heavy atom. The van der Waals surface area contributed by atoms with E-state index in [2.05, 4.69) is 14.9 Å². The Bertz CT molecular complexity index is 587. The molecule has 1 aliphatic rings.